The van der Waals surface area contributed by atoms with Crippen LogP contribution in [0.25, 0.3) is 5.78 Å². The van der Waals surface area contributed by atoms with Crippen molar-refractivity contribution in [3.05, 3.63) is 60.2 Å². The molecule has 3 heterocycles. The molecule has 1 amide bonds. The minimum atomic E-state index is -0.301. The molecule has 1 unspecified atom stereocenters. The van der Waals surface area contributed by atoms with E-state index < -0.39 is 0 Å². The van der Waals surface area contributed by atoms with E-state index in [-0.39, 0.29) is 17.8 Å². The molecule has 8 nitrogen and oxygen atoms in total. The lowest BCUT2D eigenvalue weighted by atomic mass is 10.0. The van der Waals surface area contributed by atoms with Crippen LogP contribution in [0.3, 0.4) is 0 Å². The van der Waals surface area contributed by atoms with Crippen LogP contribution in [0.1, 0.15) is 22.2 Å². The minimum absolute atomic E-state index is 0.0826. The number of carbonyl (C=O) groups is 1. The molecule has 0 radical (unpaired) electrons. The van der Waals surface area contributed by atoms with Gasteiger partial charge in [-0.15, -0.1) is 5.10 Å². The van der Waals surface area contributed by atoms with Gasteiger partial charge in [-0.05, 0) is 11.6 Å². The first-order valence-corrected chi connectivity index (χ1v) is 8.63. The van der Waals surface area contributed by atoms with E-state index in [0.717, 1.165) is 13.1 Å². The Labute approximate surface area is 150 Å². The molecule has 2 aromatic heterocycles. The maximum Gasteiger partial charge on any atom is 0.291 e. The smallest absolute Gasteiger partial charge is 0.291 e. The monoisotopic (exact) mass is 352 g/mol. The van der Waals surface area contributed by atoms with Gasteiger partial charge in [0.1, 0.15) is 0 Å². The molecule has 8 heteroatoms. The number of rotatable bonds is 5. The lowest BCUT2D eigenvalue weighted by Gasteiger charge is -2.34. The lowest BCUT2D eigenvalue weighted by Crippen LogP contribution is -2.44. The number of fused-ring (bicyclic) bond motifs is 1. The van der Waals surface area contributed by atoms with Crippen LogP contribution in [0.5, 0.6) is 0 Å². The molecule has 3 aromatic rings. The highest BCUT2D eigenvalue weighted by Gasteiger charge is 2.24. The highest BCUT2D eigenvalue weighted by Crippen LogP contribution is 2.21. The van der Waals surface area contributed by atoms with Gasteiger partial charge in [0, 0.05) is 32.0 Å². The van der Waals surface area contributed by atoms with Gasteiger partial charge in [-0.25, -0.2) is 9.50 Å². The van der Waals surface area contributed by atoms with Crippen LogP contribution >= 0.6 is 0 Å². The number of aromatic nitrogens is 4. The maximum absolute atomic E-state index is 12.5. The lowest BCUT2D eigenvalue weighted by molar-refractivity contribution is 0.0162. The highest BCUT2D eigenvalue weighted by atomic mass is 16.5. The maximum atomic E-state index is 12.5. The molecule has 0 bridgehead atoms. The summed E-state index contributed by atoms with van der Waals surface area (Å²) in [7, 11) is 0. The average Bonchev–Trinajstić information content (AvgIpc) is 3.14. The Balaban J connectivity index is 1.49. The minimum Gasteiger partial charge on any atom is -0.379 e. The van der Waals surface area contributed by atoms with Crippen molar-refractivity contribution < 1.29 is 9.53 Å². The third-order valence-corrected chi connectivity index (χ3v) is 4.45. The first kappa shape index (κ1) is 16.6. The van der Waals surface area contributed by atoms with Crippen LogP contribution in [0, 0.1) is 0 Å². The molecule has 1 aromatic carbocycles. The fourth-order valence-electron chi connectivity index (χ4n) is 3.12. The summed E-state index contributed by atoms with van der Waals surface area (Å²) in [5, 5.41) is 7.14. The molecule has 26 heavy (non-hydrogen) atoms. The first-order chi connectivity index (χ1) is 12.8. The van der Waals surface area contributed by atoms with E-state index in [2.05, 4.69) is 37.4 Å². The number of hydrogen-bond donors (Lipinski definition) is 1. The fraction of sp³-hybridized carbons (Fsp3) is 0.333. The van der Waals surface area contributed by atoms with Crippen LogP contribution in [0.4, 0.5) is 0 Å². The Morgan fingerprint density at radius 1 is 1.19 bits per heavy atom. The predicted octanol–water partition coefficient (Wildman–Crippen LogP) is 0.928. The average molecular weight is 352 g/mol. The van der Waals surface area contributed by atoms with Crippen molar-refractivity contribution in [1.82, 2.24) is 29.8 Å². The summed E-state index contributed by atoms with van der Waals surface area (Å²) in [6.45, 7) is 3.57. The molecule has 1 fully saturated rings. The van der Waals surface area contributed by atoms with E-state index in [1.54, 1.807) is 18.5 Å². The molecule has 1 atom stereocenters. The Hall–Kier alpha value is -2.84. The predicted molar refractivity (Wildman–Crippen MR) is 94.7 cm³/mol. The zero-order valence-electron chi connectivity index (χ0n) is 14.3. The largest absolute Gasteiger partial charge is 0.379 e. The molecule has 1 aliphatic rings. The van der Waals surface area contributed by atoms with Crippen molar-refractivity contribution in [1.29, 1.82) is 0 Å². The van der Waals surface area contributed by atoms with Crippen molar-refractivity contribution in [2.24, 2.45) is 0 Å². The Morgan fingerprint density at radius 3 is 2.77 bits per heavy atom. The molecular weight excluding hydrogens is 332 g/mol. The third kappa shape index (κ3) is 3.56. The van der Waals surface area contributed by atoms with Gasteiger partial charge in [0.25, 0.3) is 11.7 Å². The number of benzene rings is 1. The van der Waals surface area contributed by atoms with E-state index in [4.69, 9.17) is 4.74 Å². The number of carbonyl (C=O) groups excluding carboxylic acids is 1. The molecule has 0 spiro atoms. The van der Waals surface area contributed by atoms with Gasteiger partial charge in [-0.2, -0.15) is 4.98 Å². The summed E-state index contributed by atoms with van der Waals surface area (Å²) in [5.41, 5.74) is 1.17. The second-order valence-corrected chi connectivity index (χ2v) is 6.08. The molecule has 1 saturated heterocycles. The van der Waals surface area contributed by atoms with Crippen molar-refractivity contribution in [2.45, 2.75) is 6.04 Å². The number of amides is 1. The number of nitrogens with zero attached hydrogens (tertiary/aromatic N) is 5. The van der Waals surface area contributed by atoms with Crippen LogP contribution in [-0.4, -0.2) is 63.2 Å². The number of morpholine rings is 1. The SMILES string of the molecule is O=C(NCC(c1ccccc1)N1CCOCC1)c1nc2ncccn2n1. The van der Waals surface area contributed by atoms with Gasteiger partial charge < -0.3 is 10.1 Å². The number of nitrogens with one attached hydrogen (secondary N) is 1. The molecular formula is C18H20N6O2. The van der Waals surface area contributed by atoms with Crippen LogP contribution in [0.2, 0.25) is 0 Å². The summed E-state index contributed by atoms with van der Waals surface area (Å²) < 4.78 is 6.95. The summed E-state index contributed by atoms with van der Waals surface area (Å²) in [4.78, 5) is 23.1. The van der Waals surface area contributed by atoms with Crippen LogP contribution in [0.15, 0.2) is 48.8 Å². The summed E-state index contributed by atoms with van der Waals surface area (Å²) >= 11 is 0. The number of ether oxygens (including phenoxy) is 1. The quantitative estimate of drug-likeness (QED) is 0.735. The second kappa shape index (κ2) is 7.59. The summed E-state index contributed by atoms with van der Waals surface area (Å²) in [6.07, 6.45) is 3.34. The van der Waals surface area contributed by atoms with Crippen molar-refractivity contribution in [3.8, 4) is 0 Å². The molecule has 134 valence electrons. The molecule has 1 N–H and O–H groups in total. The zero-order valence-corrected chi connectivity index (χ0v) is 14.3. The first-order valence-electron chi connectivity index (χ1n) is 8.63. The van der Waals surface area contributed by atoms with E-state index in [9.17, 15) is 4.79 Å². The number of hydrogen-bond acceptors (Lipinski definition) is 6. The topological polar surface area (TPSA) is 84.7 Å². The van der Waals surface area contributed by atoms with Crippen molar-refractivity contribution in [2.75, 3.05) is 32.8 Å². The van der Waals surface area contributed by atoms with Crippen molar-refractivity contribution >= 4 is 11.7 Å². The third-order valence-electron chi connectivity index (χ3n) is 4.45. The van der Waals surface area contributed by atoms with E-state index >= 15 is 0 Å². The second-order valence-electron chi connectivity index (χ2n) is 6.08. The van der Waals surface area contributed by atoms with Gasteiger partial charge in [0.2, 0.25) is 5.82 Å². The van der Waals surface area contributed by atoms with Crippen LogP contribution < -0.4 is 5.32 Å². The molecule has 1 aliphatic heterocycles. The molecule has 0 aliphatic carbocycles. The van der Waals surface area contributed by atoms with Gasteiger partial charge >= 0.3 is 0 Å². The van der Waals surface area contributed by atoms with Gasteiger partial charge in [0.05, 0.1) is 19.3 Å². The van der Waals surface area contributed by atoms with Gasteiger partial charge in [-0.3, -0.25) is 9.69 Å². The van der Waals surface area contributed by atoms with Gasteiger partial charge in [0.15, 0.2) is 0 Å². The van der Waals surface area contributed by atoms with Gasteiger partial charge in [-0.1, -0.05) is 30.3 Å². The Bertz CT molecular complexity index is 843. The Morgan fingerprint density at radius 2 is 2.00 bits per heavy atom. The standard InChI is InChI=1S/C18H20N6O2/c25-17(16-21-18-19-7-4-8-24(18)22-16)20-13-15(14-5-2-1-3-6-14)23-9-11-26-12-10-23/h1-8,15H,9-13H2,(H,20,25). The summed E-state index contributed by atoms with van der Waals surface area (Å²) in [6, 6.07) is 12.0. The highest BCUT2D eigenvalue weighted by molar-refractivity contribution is 5.90. The van der Waals surface area contributed by atoms with Crippen molar-refractivity contribution in [3.63, 3.8) is 0 Å². The molecule has 4 rings (SSSR count). The summed E-state index contributed by atoms with van der Waals surface area (Å²) in [5.74, 6) is 0.229. The van der Waals surface area contributed by atoms with E-state index in [1.165, 1.54) is 10.1 Å². The Kier molecular flexibility index (Phi) is 4.85. The zero-order chi connectivity index (χ0) is 17.8. The van der Waals surface area contributed by atoms with E-state index in [0.29, 0.717) is 25.5 Å². The molecule has 0 saturated carbocycles. The van der Waals surface area contributed by atoms with E-state index in [1.807, 2.05) is 18.2 Å². The van der Waals surface area contributed by atoms with Crippen LogP contribution in [-0.2, 0) is 4.74 Å². The normalized spacial score (nSPS) is 16.5. The fourth-order valence-corrected chi connectivity index (χ4v) is 3.12.